The summed E-state index contributed by atoms with van der Waals surface area (Å²) >= 11 is 0. The number of methoxy groups -OCH3 is 4. The van der Waals surface area contributed by atoms with E-state index in [0.717, 1.165) is 78.4 Å². The molecule has 3 atom stereocenters. The SMILES string of the molecule is COc1cc(OCC(Oc2ccc(C(=C=Nc3ccccc3)c3ccccc3)c(OC)c2)C(Oc2ccc(C(=C=Nc3ccccc3)c3ccccc3)c(OC)c2)C(C)Oc2ccc(C(=C=Nc3ccccc3)c3ccccc3)c(OC)c2)ccc1C(=C=Nc1ccccc1)c1ccccc1. The average Bonchev–Trinajstić information content (AvgIpc) is 0.825. The molecule has 12 rings (SSSR count). The van der Waals surface area contributed by atoms with Crippen LogP contribution in [0.25, 0.3) is 22.3 Å². The predicted octanol–water partition coefficient (Wildman–Crippen LogP) is 20.2. The zero-order valence-corrected chi connectivity index (χ0v) is 56.5. The van der Waals surface area contributed by atoms with Crippen LogP contribution in [0.15, 0.2) is 335 Å². The van der Waals surface area contributed by atoms with Gasteiger partial charge in [0.25, 0.3) is 0 Å². The van der Waals surface area contributed by atoms with Crippen molar-refractivity contribution < 1.29 is 37.9 Å². The summed E-state index contributed by atoms with van der Waals surface area (Å²) in [6.45, 7) is 1.84. The maximum Gasteiger partial charge on any atom is 0.175 e. The number of rotatable bonds is 27. The van der Waals surface area contributed by atoms with Gasteiger partial charge in [-0.1, -0.05) is 194 Å². The zero-order valence-electron chi connectivity index (χ0n) is 56.5. The summed E-state index contributed by atoms with van der Waals surface area (Å²) in [7, 11) is 6.51. The van der Waals surface area contributed by atoms with E-state index in [4.69, 9.17) is 57.9 Å². The first kappa shape index (κ1) is 67.8. The fourth-order valence-electron chi connectivity index (χ4n) is 11.3. The van der Waals surface area contributed by atoms with Gasteiger partial charge in [0.15, 0.2) is 12.2 Å². The minimum absolute atomic E-state index is 0.0962. The second kappa shape index (κ2) is 34.2. The van der Waals surface area contributed by atoms with Crippen LogP contribution in [-0.4, -0.2) is 76.8 Å². The summed E-state index contributed by atoms with van der Waals surface area (Å²) in [6, 6.07) is 101. The maximum atomic E-state index is 7.37. The molecule has 0 saturated heterocycles. The van der Waals surface area contributed by atoms with Gasteiger partial charge >= 0.3 is 0 Å². The molecule has 12 nitrogen and oxygen atoms in total. The minimum atomic E-state index is -0.982. The summed E-state index contributed by atoms with van der Waals surface area (Å²) in [4.78, 5) is 19.1. The van der Waals surface area contributed by atoms with Gasteiger partial charge in [0.1, 0.15) is 58.7 Å². The maximum absolute atomic E-state index is 7.37. The summed E-state index contributed by atoms with van der Waals surface area (Å²) in [5.41, 5.74) is 12.4. The quantitative estimate of drug-likeness (QED) is 0.0467. The Labute approximate surface area is 589 Å². The van der Waals surface area contributed by atoms with E-state index in [1.165, 1.54) is 0 Å². The first-order chi connectivity index (χ1) is 49.8. The van der Waals surface area contributed by atoms with Gasteiger partial charge in [0.05, 0.1) is 73.5 Å². The van der Waals surface area contributed by atoms with Crippen molar-refractivity contribution in [3.05, 3.63) is 360 Å². The average molecular weight is 1330 g/mol. The largest absolute Gasteiger partial charge is 0.496 e. The molecule has 0 amide bonds. The standard InChI is InChI=1S/C89H72N4O8/c1-63(99-73-47-51-77(85(55-73)95-3)81(65-32-16-7-17-33-65)59-91-69-40-24-11-25-41-69)89(101-75-49-53-79(87(57-75)97-5)83(67-36-20-9-21-37-67)61-93-71-44-28-13-29-45-71)88(100-74-48-52-78(86(56-74)96-4)82(66-34-18-8-19-35-66)60-92-70-42-26-12-27-43-70)62-98-72-46-50-76(84(54-72)94-2)80(64-30-14-6-15-31-64)58-90-68-38-22-10-23-39-68/h6-57,63,88-89H,62H2,1-5H3. The molecule has 0 bridgehead atoms. The first-order valence-corrected chi connectivity index (χ1v) is 32.9. The third kappa shape index (κ3) is 17.7. The molecule has 496 valence electrons. The molecule has 0 radical (unpaired) electrons. The van der Waals surface area contributed by atoms with E-state index in [1.807, 2.05) is 322 Å². The fraction of sp³-hybridized carbons (Fsp3) is 0.101. The van der Waals surface area contributed by atoms with Crippen LogP contribution in [0, 0.1) is 0 Å². The van der Waals surface area contributed by atoms with Crippen molar-refractivity contribution >= 4 is 68.5 Å². The van der Waals surface area contributed by atoms with Crippen molar-refractivity contribution in [3.8, 4) is 46.0 Å². The Hall–Kier alpha value is -13.2. The van der Waals surface area contributed by atoms with Crippen molar-refractivity contribution in [2.45, 2.75) is 25.2 Å². The van der Waals surface area contributed by atoms with Gasteiger partial charge in [0, 0.05) is 46.5 Å². The molecule has 12 aromatic rings. The Morgan fingerprint density at radius 3 is 0.822 bits per heavy atom. The molecule has 12 heteroatoms. The highest BCUT2D eigenvalue weighted by atomic mass is 16.6. The highest BCUT2D eigenvalue weighted by molar-refractivity contribution is 6.04. The fourth-order valence-corrected chi connectivity index (χ4v) is 11.3. The second-order valence-corrected chi connectivity index (χ2v) is 23.0. The molecule has 0 spiro atoms. The lowest BCUT2D eigenvalue weighted by molar-refractivity contribution is -0.0323. The number of para-hydroxylation sites is 4. The lowest BCUT2D eigenvalue weighted by atomic mass is 9.98. The molecule has 0 fully saturated rings. The molecule has 0 aliphatic carbocycles. The first-order valence-electron chi connectivity index (χ1n) is 32.9. The number of benzene rings is 12. The Morgan fingerprint density at radius 1 is 0.287 bits per heavy atom. The van der Waals surface area contributed by atoms with Crippen molar-refractivity contribution in [2.75, 3.05) is 35.0 Å². The van der Waals surface area contributed by atoms with Crippen molar-refractivity contribution in [1.29, 1.82) is 0 Å². The van der Waals surface area contributed by atoms with E-state index >= 15 is 0 Å². The molecular formula is C89H72N4O8. The van der Waals surface area contributed by atoms with Crippen molar-refractivity contribution in [1.82, 2.24) is 0 Å². The number of ether oxygens (including phenoxy) is 8. The van der Waals surface area contributed by atoms with E-state index in [-0.39, 0.29) is 6.61 Å². The smallest absolute Gasteiger partial charge is 0.175 e. The Balaban J connectivity index is 0.983. The topological polar surface area (TPSA) is 123 Å². The van der Waals surface area contributed by atoms with Crippen LogP contribution in [0.4, 0.5) is 22.7 Å². The zero-order chi connectivity index (χ0) is 69.4. The molecule has 0 aliphatic rings. The number of hydrogen-bond donors (Lipinski definition) is 0. The monoisotopic (exact) mass is 1320 g/mol. The van der Waals surface area contributed by atoms with Crippen LogP contribution in [0.1, 0.15) is 51.4 Å². The lowest BCUT2D eigenvalue weighted by Gasteiger charge is -2.33. The molecule has 0 saturated carbocycles. The van der Waals surface area contributed by atoms with Crippen molar-refractivity contribution in [3.63, 3.8) is 0 Å². The Kier molecular flexibility index (Phi) is 22.9. The van der Waals surface area contributed by atoms with Gasteiger partial charge in [0.2, 0.25) is 0 Å². The molecule has 0 N–H and O–H groups in total. The molecule has 0 aromatic heterocycles. The number of nitrogens with zero attached hydrogens (tertiary/aromatic N) is 4. The van der Waals surface area contributed by atoms with Crippen LogP contribution in [0.3, 0.4) is 0 Å². The summed E-state index contributed by atoms with van der Waals surface area (Å²) < 4.78 is 53.7. The summed E-state index contributed by atoms with van der Waals surface area (Å²) in [5.74, 6) is 17.3. The van der Waals surface area contributed by atoms with Gasteiger partial charge in [-0.2, -0.15) is 0 Å². The van der Waals surface area contributed by atoms with Crippen LogP contribution in [0.5, 0.6) is 46.0 Å². The predicted molar refractivity (Wildman–Crippen MR) is 406 cm³/mol. The highest BCUT2D eigenvalue weighted by Gasteiger charge is 2.35. The second-order valence-electron chi connectivity index (χ2n) is 23.0. The Morgan fingerprint density at radius 2 is 0.535 bits per heavy atom. The van der Waals surface area contributed by atoms with E-state index in [2.05, 4.69) is 23.5 Å². The van der Waals surface area contributed by atoms with Gasteiger partial charge in [-0.05, 0) is 150 Å². The lowest BCUT2D eigenvalue weighted by Crippen LogP contribution is -2.49. The van der Waals surface area contributed by atoms with E-state index in [9.17, 15) is 0 Å². The molecule has 12 aromatic carbocycles. The van der Waals surface area contributed by atoms with Crippen LogP contribution < -0.4 is 37.9 Å². The molecule has 101 heavy (non-hydrogen) atoms. The number of aliphatic imine (C=N–C) groups is 4. The van der Waals surface area contributed by atoms with E-state index < -0.39 is 18.3 Å². The van der Waals surface area contributed by atoms with E-state index in [1.54, 1.807) is 28.4 Å². The minimum Gasteiger partial charge on any atom is -0.496 e. The Bertz CT molecular complexity index is 5010. The van der Waals surface area contributed by atoms with Crippen LogP contribution in [0.2, 0.25) is 0 Å². The van der Waals surface area contributed by atoms with Gasteiger partial charge < -0.3 is 37.9 Å². The van der Waals surface area contributed by atoms with Gasteiger partial charge in [-0.3, -0.25) is 0 Å². The molecule has 3 unspecified atom stereocenters. The van der Waals surface area contributed by atoms with Crippen LogP contribution in [-0.2, 0) is 0 Å². The molecule has 0 aliphatic heterocycles. The molecular weight excluding hydrogens is 1250 g/mol. The van der Waals surface area contributed by atoms with Gasteiger partial charge in [-0.15, -0.1) is 0 Å². The molecule has 0 heterocycles. The number of hydrogen-bond acceptors (Lipinski definition) is 12. The normalized spacial score (nSPS) is 11.4. The van der Waals surface area contributed by atoms with Gasteiger partial charge in [-0.25, -0.2) is 20.0 Å². The van der Waals surface area contributed by atoms with E-state index in [0.29, 0.717) is 57.1 Å². The van der Waals surface area contributed by atoms with Crippen molar-refractivity contribution in [2.24, 2.45) is 20.0 Å². The highest BCUT2D eigenvalue weighted by Crippen LogP contribution is 2.40. The summed E-state index contributed by atoms with van der Waals surface area (Å²) in [5, 5.41) is 0. The third-order valence-corrected chi connectivity index (χ3v) is 16.4. The third-order valence-electron chi connectivity index (χ3n) is 16.4. The van der Waals surface area contributed by atoms with Crippen LogP contribution >= 0.6 is 0 Å². The summed E-state index contributed by atoms with van der Waals surface area (Å²) in [6.07, 6.45) is -2.77.